The molecule has 2 aromatic heterocycles. The Morgan fingerprint density at radius 3 is 2.76 bits per heavy atom. The van der Waals surface area contributed by atoms with Crippen LogP contribution in [0.4, 0.5) is 4.39 Å². The molecule has 29 heavy (non-hydrogen) atoms. The van der Waals surface area contributed by atoms with E-state index in [9.17, 15) is 4.39 Å². The lowest BCUT2D eigenvalue weighted by Gasteiger charge is -2.14. The van der Waals surface area contributed by atoms with E-state index in [-0.39, 0.29) is 11.9 Å². The number of fused-ring (bicyclic) bond motifs is 1. The van der Waals surface area contributed by atoms with Gasteiger partial charge in [-0.2, -0.15) is 5.10 Å². The number of aromatic nitrogens is 3. The number of ether oxygens (including phenoxy) is 1. The van der Waals surface area contributed by atoms with Crippen molar-refractivity contribution in [3.05, 3.63) is 77.5 Å². The summed E-state index contributed by atoms with van der Waals surface area (Å²) < 4.78 is 19.3. The van der Waals surface area contributed by atoms with E-state index in [4.69, 9.17) is 10.5 Å². The second-order valence-corrected chi connectivity index (χ2v) is 7.34. The standard InChI is InChI=1S/C23H23FN4O/c1-14-7-16(3-5-22(14)24)8-19(25)13-29-20-9-18(11-26-12-20)17-4-6-23-21(10-17)15(2)27-28-23/h3-7,9-12,19H,8,13,25H2,1-2H3,(H,27,28)/t19-/m0/s1. The Hall–Kier alpha value is -3.25. The number of nitrogens with two attached hydrogens (primary N) is 1. The zero-order chi connectivity index (χ0) is 20.4. The quantitative estimate of drug-likeness (QED) is 0.514. The molecule has 4 aromatic rings. The van der Waals surface area contributed by atoms with Crippen molar-refractivity contribution in [3.63, 3.8) is 0 Å². The Morgan fingerprint density at radius 2 is 1.93 bits per heavy atom. The molecule has 0 saturated carbocycles. The number of H-pyrrole nitrogens is 1. The van der Waals surface area contributed by atoms with Crippen LogP contribution in [0, 0.1) is 19.7 Å². The molecule has 0 amide bonds. The van der Waals surface area contributed by atoms with E-state index in [1.807, 2.05) is 37.4 Å². The number of rotatable bonds is 6. The van der Waals surface area contributed by atoms with Crippen LogP contribution in [0.1, 0.15) is 16.8 Å². The van der Waals surface area contributed by atoms with Gasteiger partial charge in [-0.05, 0) is 61.2 Å². The van der Waals surface area contributed by atoms with Gasteiger partial charge >= 0.3 is 0 Å². The Labute approximate surface area is 168 Å². The topological polar surface area (TPSA) is 76.8 Å². The maximum absolute atomic E-state index is 13.4. The average molecular weight is 390 g/mol. The number of benzene rings is 2. The summed E-state index contributed by atoms with van der Waals surface area (Å²) in [6.07, 6.45) is 4.11. The molecule has 4 rings (SSSR count). The first-order chi connectivity index (χ1) is 14.0. The summed E-state index contributed by atoms with van der Waals surface area (Å²) in [5.74, 6) is 0.461. The third-order valence-electron chi connectivity index (χ3n) is 4.98. The summed E-state index contributed by atoms with van der Waals surface area (Å²) >= 11 is 0. The van der Waals surface area contributed by atoms with Crippen LogP contribution in [0.15, 0.2) is 54.9 Å². The van der Waals surface area contributed by atoms with Gasteiger partial charge in [-0.1, -0.05) is 18.2 Å². The molecule has 6 heteroatoms. The second-order valence-electron chi connectivity index (χ2n) is 7.34. The van der Waals surface area contributed by atoms with Crippen LogP contribution in [-0.4, -0.2) is 27.8 Å². The van der Waals surface area contributed by atoms with Gasteiger partial charge in [0.2, 0.25) is 0 Å². The maximum Gasteiger partial charge on any atom is 0.138 e. The first-order valence-corrected chi connectivity index (χ1v) is 9.53. The molecule has 0 bridgehead atoms. The lowest BCUT2D eigenvalue weighted by atomic mass is 10.0. The molecule has 0 fully saturated rings. The van der Waals surface area contributed by atoms with Crippen molar-refractivity contribution in [2.45, 2.75) is 26.3 Å². The van der Waals surface area contributed by atoms with Crippen molar-refractivity contribution in [2.24, 2.45) is 5.73 Å². The van der Waals surface area contributed by atoms with Crippen molar-refractivity contribution >= 4 is 10.9 Å². The lowest BCUT2D eigenvalue weighted by molar-refractivity contribution is 0.286. The van der Waals surface area contributed by atoms with Crippen LogP contribution in [0.3, 0.4) is 0 Å². The number of nitrogens with one attached hydrogen (secondary N) is 1. The van der Waals surface area contributed by atoms with E-state index in [1.165, 1.54) is 6.07 Å². The van der Waals surface area contributed by atoms with Gasteiger partial charge in [-0.25, -0.2) is 4.39 Å². The van der Waals surface area contributed by atoms with Crippen LogP contribution in [0.2, 0.25) is 0 Å². The number of nitrogens with zero attached hydrogens (tertiary/aromatic N) is 2. The van der Waals surface area contributed by atoms with Crippen LogP contribution < -0.4 is 10.5 Å². The van der Waals surface area contributed by atoms with Crippen LogP contribution in [0.5, 0.6) is 5.75 Å². The number of aromatic amines is 1. The van der Waals surface area contributed by atoms with Crippen LogP contribution in [0.25, 0.3) is 22.0 Å². The number of hydrogen-bond acceptors (Lipinski definition) is 4. The Balaban J connectivity index is 1.44. The predicted octanol–water partition coefficient (Wildman–Crippen LogP) is 4.33. The van der Waals surface area contributed by atoms with Gasteiger partial charge < -0.3 is 10.5 Å². The molecular formula is C23H23FN4O. The van der Waals surface area contributed by atoms with Gasteiger partial charge in [0.25, 0.3) is 0 Å². The van der Waals surface area contributed by atoms with Gasteiger partial charge in [0, 0.05) is 23.2 Å². The van der Waals surface area contributed by atoms with Gasteiger partial charge in [-0.15, -0.1) is 0 Å². The Bertz CT molecular complexity index is 1150. The van der Waals surface area contributed by atoms with Crippen molar-refractivity contribution in [1.82, 2.24) is 15.2 Å². The third-order valence-corrected chi connectivity index (χ3v) is 4.98. The minimum absolute atomic E-state index is 0.201. The predicted molar refractivity (Wildman–Crippen MR) is 112 cm³/mol. The second kappa shape index (κ2) is 8.01. The summed E-state index contributed by atoms with van der Waals surface area (Å²) in [6.45, 7) is 4.08. The molecular weight excluding hydrogens is 367 g/mol. The normalized spacial score (nSPS) is 12.3. The fraction of sp³-hybridized carbons (Fsp3) is 0.217. The number of pyridine rings is 1. The minimum Gasteiger partial charge on any atom is -0.490 e. The van der Waals surface area contributed by atoms with Crippen LogP contribution in [-0.2, 0) is 6.42 Å². The van der Waals surface area contributed by atoms with Crippen LogP contribution >= 0.6 is 0 Å². The molecule has 2 aromatic carbocycles. The van der Waals surface area contributed by atoms with E-state index >= 15 is 0 Å². The lowest BCUT2D eigenvalue weighted by Crippen LogP contribution is -2.30. The molecule has 0 aliphatic rings. The smallest absolute Gasteiger partial charge is 0.138 e. The van der Waals surface area contributed by atoms with Crippen molar-refractivity contribution < 1.29 is 9.13 Å². The zero-order valence-electron chi connectivity index (χ0n) is 16.4. The Kier molecular flexibility index (Phi) is 5.27. The molecule has 1 atom stereocenters. The molecule has 5 nitrogen and oxygen atoms in total. The van der Waals surface area contributed by atoms with Crippen molar-refractivity contribution in [1.29, 1.82) is 0 Å². The molecule has 148 valence electrons. The molecule has 0 radical (unpaired) electrons. The molecule has 0 unspecified atom stereocenters. The highest BCUT2D eigenvalue weighted by Gasteiger charge is 2.09. The molecule has 0 aliphatic carbocycles. The SMILES string of the molecule is Cc1cc(C[C@H](N)COc2cncc(-c3ccc4[nH]nc(C)c4c3)c2)ccc1F. The minimum atomic E-state index is -0.203. The molecule has 0 aliphatic heterocycles. The number of halogens is 1. The highest BCUT2D eigenvalue weighted by atomic mass is 19.1. The highest BCUT2D eigenvalue weighted by molar-refractivity contribution is 5.86. The van der Waals surface area contributed by atoms with E-state index in [1.54, 1.807) is 19.2 Å². The van der Waals surface area contributed by atoms with Gasteiger partial charge in [0.05, 0.1) is 17.4 Å². The molecule has 3 N–H and O–H groups in total. The fourth-order valence-corrected chi connectivity index (χ4v) is 3.38. The summed E-state index contributed by atoms with van der Waals surface area (Å²) in [7, 11) is 0. The van der Waals surface area contributed by atoms with Gasteiger partial charge in [0.15, 0.2) is 0 Å². The summed E-state index contributed by atoms with van der Waals surface area (Å²) in [5, 5.41) is 8.34. The van der Waals surface area contributed by atoms with Crippen molar-refractivity contribution in [2.75, 3.05) is 6.61 Å². The summed E-state index contributed by atoms with van der Waals surface area (Å²) in [5.41, 5.74) is 11.8. The first-order valence-electron chi connectivity index (χ1n) is 9.53. The Morgan fingerprint density at radius 1 is 1.07 bits per heavy atom. The van der Waals surface area contributed by atoms with E-state index in [0.29, 0.717) is 24.3 Å². The highest BCUT2D eigenvalue weighted by Crippen LogP contribution is 2.27. The van der Waals surface area contributed by atoms with E-state index in [0.717, 1.165) is 33.3 Å². The monoisotopic (exact) mass is 390 g/mol. The first kappa shape index (κ1) is 19.1. The van der Waals surface area contributed by atoms with Crippen molar-refractivity contribution in [3.8, 4) is 16.9 Å². The van der Waals surface area contributed by atoms with E-state index < -0.39 is 0 Å². The summed E-state index contributed by atoms with van der Waals surface area (Å²) in [6, 6.07) is 13.0. The summed E-state index contributed by atoms with van der Waals surface area (Å²) in [4.78, 5) is 4.30. The third kappa shape index (κ3) is 4.27. The molecule has 2 heterocycles. The maximum atomic E-state index is 13.4. The number of aryl methyl sites for hydroxylation is 2. The number of hydrogen-bond donors (Lipinski definition) is 2. The largest absolute Gasteiger partial charge is 0.490 e. The molecule has 0 saturated heterocycles. The average Bonchev–Trinajstić information content (AvgIpc) is 3.10. The molecule has 0 spiro atoms. The van der Waals surface area contributed by atoms with Gasteiger partial charge in [-0.3, -0.25) is 10.1 Å². The fourth-order valence-electron chi connectivity index (χ4n) is 3.38. The van der Waals surface area contributed by atoms with Gasteiger partial charge in [0.1, 0.15) is 18.2 Å². The van der Waals surface area contributed by atoms with E-state index in [2.05, 4.69) is 21.2 Å². The zero-order valence-corrected chi connectivity index (χ0v) is 16.4.